The Balaban J connectivity index is 1.87. The van der Waals surface area contributed by atoms with Gasteiger partial charge in [0, 0.05) is 29.8 Å². The molecule has 0 spiro atoms. The second-order valence-electron chi connectivity index (χ2n) is 5.25. The standard InChI is InChI=1S/C16H22N2OS/c1-12-3-5-14(6-4-12)16-18-11-15(20-16)10-17-9-13(2)7-8-19/h3-6,11,13,17,19H,7-10H2,1-2H3. The third-order valence-electron chi connectivity index (χ3n) is 3.27. The summed E-state index contributed by atoms with van der Waals surface area (Å²) in [5.41, 5.74) is 2.45. The molecule has 0 aliphatic rings. The van der Waals surface area contributed by atoms with Crippen LogP contribution in [0.2, 0.25) is 0 Å². The zero-order valence-electron chi connectivity index (χ0n) is 12.1. The Bertz CT molecular complexity index is 522. The van der Waals surface area contributed by atoms with Gasteiger partial charge in [0.25, 0.3) is 0 Å². The van der Waals surface area contributed by atoms with E-state index in [4.69, 9.17) is 5.11 Å². The lowest BCUT2D eigenvalue weighted by Gasteiger charge is -2.09. The van der Waals surface area contributed by atoms with Crippen LogP contribution >= 0.6 is 11.3 Å². The van der Waals surface area contributed by atoms with E-state index in [1.807, 2.05) is 6.20 Å². The second kappa shape index (κ2) is 7.53. The number of rotatable bonds is 7. The monoisotopic (exact) mass is 290 g/mol. The van der Waals surface area contributed by atoms with E-state index < -0.39 is 0 Å². The van der Waals surface area contributed by atoms with Crippen LogP contribution < -0.4 is 5.32 Å². The van der Waals surface area contributed by atoms with E-state index in [2.05, 4.69) is 48.4 Å². The van der Waals surface area contributed by atoms with Crippen molar-refractivity contribution in [2.75, 3.05) is 13.2 Å². The predicted octanol–water partition coefficient (Wildman–Crippen LogP) is 3.23. The SMILES string of the molecule is Cc1ccc(-c2ncc(CNCC(C)CCO)s2)cc1. The second-order valence-corrected chi connectivity index (χ2v) is 6.36. The molecule has 3 nitrogen and oxygen atoms in total. The number of nitrogens with one attached hydrogen (secondary N) is 1. The van der Waals surface area contributed by atoms with Crippen LogP contribution in [0, 0.1) is 12.8 Å². The van der Waals surface area contributed by atoms with Crippen LogP contribution in [0.5, 0.6) is 0 Å². The van der Waals surface area contributed by atoms with Gasteiger partial charge >= 0.3 is 0 Å². The number of aliphatic hydroxyl groups excluding tert-OH is 1. The Morgan fingerprint density at radius 2 is 2.05 bits per heavy atom. The summed E-state index contributed by atoms with van der Waals surface area (Å²) in [4.78, 5) is 5.74. The number of aliphatic hydroxyl groups is 1. The molecule has 20 heavy (non-hydrogen) atoms. The molecule has 0 amide bonds. The first-order valence-electron chi connectivity index (χ1n) is 7.02. The number of nitrogens with zero attached hydrogens (tertiary/aromatic N) is 1. The lowest BCUT2D eigenvalue weighted by atomic mass is 10.1. The van der Waals surface area contributed by atoms with Gasteiger partial charge in [-0.25, -0.2) is 4.98 Å². The molecular weight excluding hydrogens is 268 g/mol. The van der Waals surface area contributed by atoms with Crippen molar-refractivity contribution in [1.29, 1.82) is 0 Å². The van der Waals surface area contributed by atoms with Crippen LogP contribution in [-0.2, 0) is 6.54 Å². The number of hydrogen-bond donors (Lipinski definition) is 2. The number of hydrogen-bond acceptors (Lipinski definition) is 4. The van der Waals surface area contributed by atoms with Gasteiger partial charge in [-0.15, -0.1) is 11.3 Å². The zero-order chi connectivity index (χ0) is 14.4. The summed E-state index contributed by atoms with van der Waals surface area (Å²) in [5, 5.41) is 13.4. The van der Waals surface area contributed by atoms with Gasteiger partial charge in [0.1, 0.15) is 5.01 Å². The fourth-order valence-corrected chi connectivity index (χ4v) is 2.87. The molecule has 1 aromatic carbocycles. The minimum atomic E-state index is 0.265. The smallest absolute Gasteiger partial charge is 0.123 e. The van der Waals surface area contributed by atoms with Crippen LogP contribution in [0.1, 0.15) is 23.8 Å². The van der Waals surface area contributed by atoms with Gasteiger partial charge in [-0.05, 0) is 25.8 Å². The van der Waals surface area contributed by atoms with Crippen molar-refractivity contribution in [2.24, 2.45) is 5.92 Å². The van der Waals surface area contributed by atoms with E-state index in [9.17, 15) is 0 Å². The molecule has 0 aliphatic heterocycles. The van der Waals surface area contributed by atoms with Gasteiger partial charge in [-0.3, -0.25) is 0 Å². The molecule has 0 saturated carbocycles. The van der Waals surface area contributed by atoms with Crippen molar-refractivity contribution >= 4 is 11.3 Å². The normalized spacial score (nSPS) is 12.6. The highest BCUT2D eigenvalue weighted by atomic mass is 32.1. The molecule has 2 aromatic rings. The van der Waals surface area contributed by atoms with Gasteiger partial charge in [-0.2, -0.15) is 0 Å². The molecule has 0 radical (unpaired) electrons. The van der Waals surface area contributed by atoms with E-state index >= 15 is 0 Å². The van der Waals surface area contributed by atoms with Gasteiger partial charge in [-0.1, -0.05) is 36.8 Å². The first kappa shape index (κ1) is 15.2. The highest BCUT2D eigenvalue weighted by Gasteiger charge is 2.05. The third kappa shape index (κ3) is 4.40. The van der Waals surface area contributed by atoms with Gasteiger partial charge < -0.3 is 10.4 Å². The van der Waals surface area contributed by atoms with Crippen molar-refractivity contribution in [2.45, 2.75) is 26.8 Å². The van der Waals surface area contributed by atoms with Crippen LogP contribution in [0.15, 0.2) is 30.5 Å². The van der Waals surface area contributed by atoms with Crippen LogP contribution in [0.25, 0.3) is 10.6 Å². The lowest BCUT2D eigenvalue weighted by molar-refractivity contribution is 0.260. The van der Waals surface area contributed by atoms with Gasteiger partial charge in [0.2, 0.25) is 0 Å². The topological polar surface area (TPSA) is 45.2 Å². The summed E-state index contributed by atoms with van der Waals surface area (Å²) in [6.07, 6.45) is 2.80. The highest BCUT2D eigenvalue weighted by Crippen LogP contribution is 2.25. The van der Waals surface area contributed by atoms with Crippen molar-refractivity contribution in [3.05, 3.63) is 40.9 Å². The average Bonchev–Trinajstić information content (AvgIpc) is 2.89. The Labute approximate surface area is 124 Å². The molecule has 0 bridgehead atoms. The fraction of sp³-hybridized carbons (Fsp3) is 0.438. The molecule has 2 rings (SSSR count). The quantitative estimate of drug-likeness (QED) is 0.823. The summed E-state index contributed by atoms with van der Waals surface area (Å²) in [6, 6.07) is 8.47. The molecule has 1 heterocycles. The Morgan fingerprint density at radius 3 is 2.75 bits per heavy atom. The minimum absolute atomic E-state index is 0.265. The van der Waals surface area contributed by atoms with Crippen molar-refractivity contribution in [3.8, 4) is 10.6 Å². The Hall–Kier alpha value is -1.23. The number of benzene rings is 1. The summed E-state index contributed by atoms with van der Waals surface area (Å²) in [6.45, 7) is 6.28. The van der Waals surface area contributed by atoms with E-state index in [0.717, 1.165) is 24.5 Å². The number of thiazole rings is 1. The van der Waals surface area contributed by atoms with Gasteiger partial charge in [0.15, 0.2) is 0 Å². The first-order valence-corrected chi connectivity index (χ1v) is 7.84. The van der Waals surface area contributed by atoms with E-state index in [0.29, 0.717) is 5.92 Å². The third-order valence-corrected chi connectivity index (χ3v) is 4.31. The maximum atomic E-state index is 8.87. The maximum Gasteiger partial charge on any atom is 0.123 e. The van der Waals surface area contributed by atoms with Crippen LogP contribution in [0.3, 0.4) is 0 Å². The van der Waals surface area contributed by atoms with Crippen LogP contribution in [0.4, 0.5) is 0 Å². The molecule has 1 aromatic heterocycles. The summed E-state index contributed by atoms with van der Waals surface area (Å²) >= 11 is 1.73. The first-order chi connectivity index (χ1) is 9.69. The lowest BCUT2D eigenvalue weighted by Crippen LogP contribution is -2.20. The number of aryl methyl sites for hydroxylation is 1. The molecule has 0 fully saturated rings. The van der Waals surface area contributed by atoms with Crippen molar-refractivity contribution in [3.63, 3.8) is 0 Å². The minimum Gasteiger partial charge on any atom is -0.396 e. The Kier molecular flexibility index (Phi) is 5.71. The molecule has 2 N–H and O–H groups in total. The summed E-state index contributed by atoms with van der Waals surface area (Å²) in [7, 11) is 0. The molecule has 4 heteroatoms. The average molecular weight is 290 g/mol. The van der Waals surface area contributed by atoms with Gasteiger partial charge in [0.05, 0.1) is 0 Å². The van der Waals surface area contributed by atoms with Crippen LogP contribution in [-0.4, -0.2) is 23.2 Å². The van der Waals surface area contributed by atoms with E-state index in [-0.39, 0.29) is 6.61 Å². The summed E-state index contributed by atoms with van der Waals surface area (Å²) in [5.74, 6) is 0.504. The Morgan fingerprint density at radius 1 is 1.30 bits per heavy atom. The maximum absolute atomic E-state index is 8.87. The molecule has 0 saturated heterocycles. The van der Waals surface area contributed by atoms with E-state index in [1.165, 1.54) is 16.0 Å². The zero-order valence-corrected chi connectivity index (χ0v) is 12.9. The molecular formula is C16H22N2OS. The highest BCUT2D eigenvalue weighted by molar-refractivity contribution is 7.15. The molecule has 1 atom stereocenters. The molecule has 0 aliphatic carbocycles. The largest absolute Gasteiger partial charge is 0.396 e. The van der Waals surface area contributed by atoms with Crippen molar-refractivity contribution < 1.29 is 5.11 Å². The molecule has 108 valence electrons. The summed E-state index contributed by atoms with van der Waals surface area (Å²) < 4.78 is 0. The molecule has 1 unspecified atom stereocenters. The number of aromatic nitrogens is 1. The van der Waals surface area contributed by atoms with Crippen molar-refractivity contribution in [1.82, 2.24) is 10.3 Å². The predicted molar refractivity (Wildman–Crippen MR) is 84.9 cm³/mol. The van der Waals surface area contributed by atoms with E-state index in [1.54, 1.807) is 11.3 Å². The fourth-order valence-electron chi connectivity index (χ4n) is 1.98.